The van der Waals surface area contributed by atoms with E-state index in [1.807, 2.05) is 0 Å². The van der Waals surface area contributed by atoms with Gasteiger partial charge in [-0.25, -0.2) is 4.79 Å². The second-order valence-electron chi connectivity index (χ2n) is 4.20. The predicted molar refractivity (Wildman–Crippen MR) is 49.4 cm³/mol. The van der Waals surface area contributed by atoms with Crippen LogP contribution in [-0.2, 0) is 4.79 Å². The highest BCUT2D eigenvalue weighted by atomic mass is 16.4. The van der Waals surface area contributed by atoms with E-state index >= 15 is 0 Å². The van der Waals surface area contributed by atoms with E-state index in [1.165, 1.54) is 0 Å². The van der Waals surface area contributed by atoms with E-state index in [2.05, 4.69) is 6.92 Å². The van der Waals surface area contributed by atoms with E-state index < -0.39 is 11.6 Å². The molecule has 3 heteroatoms. The third-order valence-electron chi connectivity index (χ3n) is 3.28. The van der Waals surface area contributed by atoms with Gasteiger partial charge in [-0.1, -0.05) is 20.3 Å². The van der Waals surface area contributed by atoms with Gasteiger partial charge < -0.3 is 10.2 Å². The molecule has 1 rings (SSSR count). The van der Waals surface area contributed by atoms with Crippen LogP contribution >= 0.6 is 0 Å². The van der Waals surface area contributed by atoms with Crippen LogP contribution in [0.5, 0.6) is 0 Å². The highest BCUT2D eigenvalue weighted by Gasteiger charge is 2.44. The molecule has 13 heavy (non-hydrogen) atoms. The van der Waals surface area contributed by atoms with Crippen LogP contribution in [0.2, 0.25) is 0 Å². The fraction of sp³-hybridized carbons (Fsp3) is 0.900. The van der Waals surface area contributed by atoms with Crippen molar-refractivity contribution in [2.75, 3.05) is 0 Å². The number of aliphatic carboxylic acids is 1. The number of carboxylic acid groups (broad SMARTS) is 1. The lowest BCUT2D eigenvalue weighted by atomic mass is 9.83. The zero-order valence-electron chi connectivity index (χ0n) is 8.29. The van der Waals surface area contributed by atoms with E-state index in [1.54, 1.807) is 6.92 Å². The molecule has 0 radical (unpaired) electrons. The van der Waals surface area contributed by atoms with Gasteiger partial charge in [0.15, 0.2) is 5.60 Å². The molecule has 2 N–H and O–H groups in total. The quantitative estimate of drug-likeness (QED) is 0.704. The van der Waals surface area contributed by atoms with Crippen LogP contribution in [0.3, 0.4) is 0 Å². The Morgan fingerprint density at radius 2 is 2.15 bits per heavy atom. The van der Waals surface area contributed by atoms with Crippen molar-refractivity contribution in [2.45, 2.75) is 45.1 Å². The normalized spacial score (nSPS) is 32.8. The minimum Gasteiger partial charge on any atom is -0.479 e. The molecule has 76 valence electrons. The first-order valence-electron chi connectivity index (χ1n) is 4.96. The minimum atomic E-state index is -1.48. The van der Waals surface area contributed by atoms with Gasteiger partial charge in [0, 0.05) is 0 Å². The molecule has 0 heterocycles. The Morgan fingerprint density at radius 1 is 1.54 bits per heavy atom. The Labute approximate surface area is 78.8 Å². The number of carboxylic acids is 1. The average Bonchev–Trinajstić information content (AvgIpc) is 2.50. The van der Waals surface area contributed by atoms with Gasteiger partial charge in [-0.15, -0.1) is 0 Å². The number of rotatable bonds is 3. The van der Waals surface area contributed by atoms with Gasteiger partial charge in [0.05, 0.1) is 0 Å². The van der Waals surface area contributed by atoms with Crippen LogP contribution in [0, 0.1) is 11.8 Å². The van der Waals surface area contributed by atoms with Crippen LogP contribution in [0.4, 0.5) is 0 Å². The van der Waals surface area contributed by atoms with Gasteiger partial charge >= 0.3 is 5.97 Å². The van der Waals surface area contributed by atoms with Crippen molar-refractivity contribution in [1.82, 2.24) is 0 Å². The highest BCUT2D eigenvalue weighted by molar-refractivity contribution is 5.77. The summed E-state index contributed by atoms with van der Waals surface area (Å²) in [6, 6.07) is 0. The van der Waals surface area contributed by atoms with Gasteiger partial charge in [-0.3, -0.25) is 0 Å². The maximum Gasteiger partial charge on any atom is 0.335 e. The lowest BCUT2D eigenvalue weighted by molar-refractivity contribution is -0.165. The number of aliphatic hydroxyl groups is 1. The van der Waals surface area contributed by atoms with Gasteiger partial charge in [-0.2, -0.15) is 0 Å². The maximum absolute atomic E-state index is 10.9. The minimum absolute atomic E-state index is 0.0509. The molecule has 0 aromatic carbocycles. The Bertz CT molecular complexity index is 202. The SMILES string of the molecule is CCC(O)(C(=O)O)C1CCC(C)C1. The van der Waals surface area contributed by atoms with E-state index in [9.17, 15) is 9.90 Å². The molecule has 0 bridgehead atoms. The van der Waals surface area contributed by atoms with Crippen molar-refractivity contribution in [3.63, 3.8) is 0 Å². The third kappa shape index (κ3) is 1.85. The Hall–Kier alpha value is -0.570. The van der Waals surface area contributed by atoms with Crippen molar-refractivity contribution in [2.24, 2.45) is 11.8 Å². The van der Waals surface area contributed by atoms with Crippen LogP contribution in [0.25, 0.3) is 0 Å². The third-order valence-corrected chi connectivity index (χ3v) is 3.28. The first-order chi connectivity index (χ1) is 6.00. The lowest BCUT2D eigenvalue weighted by Gasteiger charge is -2.28. The summed E-state index contributed by atoms with van der Waals surface area (Å²) in [4.78, 5) is 10.9. The molecule has 0 aliphatic heterocycles. The van der Waals surface area contributed by atoms with Crippen LogP contribution in [0.1, 0.15) is 39.5 Å². The molecule has 1 aliphatic rings. The van der Waals surface area contributed by atoms with E-state index in [0.29, 0.717) is 12.3 Å². The van der Waals surface area contributed by atoms with Gasteiger partial charge in [0.1, 0.15) is 0 Å². The second kappa shape index (κ2) is 3.66. The summed E-state index contributed by atoms with van der Waals surface area (Å²) in [5, 5.41) is 18.8. The first-order valence-corrected chi connectivity index (χ1v) is 4.96. The standard InChI is InChI=1S/C10H18O3/c1-3-10(13,9(11)12)8-5-4-7(2)6-8/h7-8,13H,3-6H2,1-2H3,(H,11,12). The van der Waals surface area contributed by atoms with Gasteiger partial charge in [-0.05, 0) is 31.1 Å². The van der Waals surface area contributed by atoms with Crippen molar-refractivity contribution in [1.29, 1.82) is 0 Å². The second-order valence-corrected chi connectivity index (χ2v) is 4.20. The predicted octanol–water partition coefficient (Wildman–Crippen LogP) is 1.65. The summed E-state index contributed by atoms with van der Waals surface area (Å²) >= 11 is 0. The van der Waals surface area contributed by atoms with Crippen LogP contribution in [0.15, 0.2) is 0 Å². The summed E-state index contributed by atoms with van der Waals surface area (Å²) in [5.41, 5.74) is -1.48. The first kappa shape index (κ1) is 10.5. The molecule has 0 spiro atoms. The van der Waals surface area contributed by atoms with Crippen molar-refractivity contribution < 1.29 is 15.0 Å². The molecule has 3 nitrogen and oxygen atoms in total. The Kier molecular flexibility index (Phi) is 2.96. The molecule has 0 aromatic rings. The number of hydrogen-bond acceptors (Lipinski definition) is 2. The molecule has 3 atom stereocenters. The largest absolute Gasteiger partial charge is 0.479 e. The fourth-order valence-corrected chi connectivity index (χ4v) is 2.26. The van der Waals surface area contributed by atoms with E-state index in [0.717, 1.165) is 19.3 Å². The summed E-state index contributed by atoms with van der Waals surface area (Å²) in [7, 11) is 0. The zero-order chi connectivity index (χ0) is 10.1. The fourth-order valence-electron chi connectivity index (χ4n) is 2.26. The molecule has 0 aromatic heterocycles. The molecule has 3 unspecified atom stereocenters. The van der Waals surface area contributed by atoms with Crippen LogP contribution < -0.4 is 0 Å². The van der Waals surface area contributed by atoms with Gasteiger partial charge in [0.25, 0.3) is 0 Å². The highest BCUT2D eigenvalue weighted by Crippen LogP contribution is 2.39. The average molecular weight is 186 g/mol. The zero-order valence-corrected chi connectivity index (χ0v) is 8.29. The summed E-state index contributed by atoms with van der Waals surface area (Å²) in [6.07, 6.45) is 3.04. The van der Waals surface area contributed by atoms with Crippen molar-refractivity contribution in [3.8, 4) is 0 Å². The molecule has 0 amide bonds. The Balaban J connectivity index is 2.72. The Morgan fingerprint density at radius 3 is 2.46 bits per heavy atom. The van der Waals surface area contributed by atoms with Crippen LogP contribution in [-0.4, -0.2) is 21.8 Å². The summed E-state index contributed by atoms with van der Waals surface area (Å²) in [5.74, 6) is -0.554. The molecule has 1 aliphatic carbocycles. The molecular weight excluding hydrogens is 168 g/mol. The monoisotopic (exact) mass is 186 g/mol. The molecule has 1 saturated carbocycles. The van der Waals surface area contributed by atoms with Crippen molar-refractivity contribution >= 4 is 5.97 Å². The maximum atomic E-state index is 10.9. The smallest absolute Gasteiger partial charge is 0.335 e. The number of carbonyl (C=O) groups is 1. The molecular formula is C10H18O3. The molecule has 0 saturated heterocycles. The van der Waals surface area contributed by atoms with E-state index in [4.69, 9.17) is 5.11 Å². The van der Waals surface area contributed by atoms with Crippen molar-refractivity contribution in [3.05, 3.63) is 0 Å². The lowest BCUT2D eigenvalue weighted by Crippen LogP contribution is -2.44. The van der Waals surface area contributed by atoms with Gasteiger partial charge in [0.2, 0.25) is 0 Å². The van der Waals surface area contributed by atoms with E-state index in [-0.39, 0.29) is 5.92 Å². The number of hydrogen-bond donors (Lipinski definition) is 2. The summed E-state index contributed by atoms with van der Waals surface area (Å²) < 4.78 is 0. The molecule has 1 fully saturated rings. The topological polar surface area (TPSA) is 57.5 Å². The summed E-state index contributed by atoms with van der Waals surface area (Å²) in [6.45, 7) is 3.84.